The van der Waals surface area contributed by atoms with E-state index in [9.17, 15) is 9.59 Å². The highest BCUT2D eigenvalue weighted by atomic mass is 16.2. The van der Waals surface area contributed by atoms with Crippen LogP contribution in [-0.4, -0.2) is 60.5 Å². The highest BCUT2D eigenvalue weighted by molar-refractivity contribution is 5.93. The number of carbonyl (C=O) groups excluding carboxylic acids is 2. The van der Waals surface area contributed by atoms with Crippen LogP contribution in [-0.2, 0) is 11.2 Å². The van der Waals surface area contributed by atoms with E-state index in [2.05, 4.69) is 29.4 Å². The molecule has 1 saturated heterocycles. The van der Waals surface area contributed by atoms with E-state index >= 15 is 0 Å². The lowest BCUT2D eigenvalue weighted by Gasteiger charge is -2.37. The van der Waals surface area contributed by atoms with Gasteiger partial charge >= 0.3 is 6.03 Å². The maximum atomic E-state index is 12.6. The zero-order chi connectivity index (χ0) is 19.9. The van der Waals surface area contributed by atoms with Crippen molar-refractivity contribution in [1.82, 2.24) is 15.1 Å². The second kappa shape index (κ2) is 9.92. The standard InChI is InChI=1S/C22H34N4O2/c1-3-18-9-5-7-11-20(18)23-21(27)16-25-12-14-26(15-13-25)22(28)24-19-10-6-4-8-17(19)2/h5,7,9,11,17,19H,3-4,6,8,10,12-16H2,1-2H3,(H,23,27)(H,24,28). The van der Waals surface area contributed by atoms with E-state index in [0.717, 1.165) is 37.2 Å². The normalized spacial score (nSPS) is 23.3. The first-order valence-corrected chi connectivity index (χ1v) is 10.7. The molecule has 154 valence electrons. The number of para-hydroxylation sites is 1. The minimum Gasteiger partial charge on any atom is -0.335 e. The van der Waals surface area contributed by atoms with E-state index < -0.39 is 0 Å². The highest BCUT2D eigenvalue weighted by Crippen LogP contribution is 2.24. The van der Waals surface area contributed by atoms with Crippen LogP contribution in [0.5, 0.6) is 0 Å². The molecule has 1 aromatic carbocycles. The molecule has 2 atom stereocenters. The van der Waals surface area contributed by atoms with Gasteiger partial charge in [-0.2, -0.15) is 0 Å². The van der Waals surface area contributed by atoms with Crippen LogP contribution in [0.4, 0.5) is 10.5 Å². The molecule has 2 aliphatic rings. The van der Waals surface area contributed by atoms with Gasteiger partial charge in [0.15, 0.2) is 0 Å². The van der Waals surface area contributed by atoms with Crippen molar-refractivity contribution in [2.75, 3.05) is 38.0 Å². The number of nitrogens with one attached hydrogen (secondary N) is 2. The van der Waals surface area contributed by atoms with Gasteiger partial charge in [-0.1, -0.05) is 44.9 Å². The lowest BCUT2D eigenvalue weighted by atomic mass is 9.86. The van der Waals surface area contributed by atoms with Gasteiger partial charge in [-0.15, -0.1) is 0 Å². The van der Waals surface area contributed by atoms with Gasteiger partial charge in [-0.3, -0.25) is 9.69 Å². The molecule has 0 aromatic heterocycles. The van der Waals surface area contributed by atoms with Gasteiger partial charge in [0.1, 0.15) is 0 Å². The van der Waals surface area contributed by atoms with Crippen molar-refractivity contribution in [3.05, 3.63) is 29.8 Å². The number of aryl methyl sites for hydroxylation is 1. The van der Waals surface area contributed by atoms with Gasteiger partial charge < -0.3 is 15.5 Å². The van der Waals surface area contributed by atoms with Gasteiger partial charge in [0.25, 0.3) is 0 Å². The fourth-order valence-corrected chi connectivity index (χ4v) is 4.23. The van der Waals surface area contributed by atoms with Gasteiger partial charge in [0.2, 0.25) is 5.91 Å². The molecule has 1 saturated carbocycles. The molecule has 0 radical (unpaired) electrons. The van der Waals surface area contributed by atoms with Crippen molar-refractivity contribution in [2.45, 2.75) is 52.0 Å². The van der Waals surface area contributed by atoms with Crippen LogP contribution in [0.3, 0.4) is 0 Å². The summed E-state index contributed by atoms with van der Waals surface area (Å²) in [7, 11) is 0. The van der Waals surface area contributed by atoms with Crippen LogP contribution in [0.15, 0.2) is 24.3 Å². The Hall–Kier alpha value is -2.08. The number of carbonyl (C=O) groups is 2. The molecule has 6 heteroatoms. The Morgan fingerprint density at radius 1 is 1.07 bits per heavy atom. The average Bonchev–Trinajstić information content (AvgIpc) is 2.70. The summed E-state index contributed by atoms with van der Waals surface area (Å²) >= 11 is 0. The summed E-state index contributed by atoms with van der Waals surface area (Å²) in [5, 5.41) is 6.26. The monoisotopic (exact) mass is 386 g/mol. The molecule has 3 rings (SSSR count). The van der Waals surface area contributed by atoms with Crippen molar-refractivity contribution in [2.24, 2.45) is 5.92 Å². The molecule has 2 N–H and O–H groups in total. The smallest absolute Gasteiger partial charge is 0.317 e. The molecule has 28 heavy (non-hydrogen) atoms. The van der Waals surface area contributed by atoms with Crippen molar-refractivity contribution in [3.63, 3.8) is 0 Å². The summed E-state index contributed by atoms with van der Waals surface area (Å²) in [4.78, 5) is 29.0. The molecule has 1 aliphatic heterocycles. The molecule has 2 unspecified atom stereocenters. The van der Waals surface area contributed by atoms with E-state index in [1.165, 1.54) is 19.3 Å². The molecule has 3 amide bonds. The van der Waals surface area contributed by atoms with Crippen LogP contribution < -0.4 is 10.6 Å². The molecular weight excluding hydrogens is 352 g/mol. The predicted octanol–water partition coefficient (Wildman–Crippen LogP) is 3.09. The Morgan fingerprint density at radius 2 is 1.79 bits per heavy atom. The summed E-state index contributed by atoms with van der Waals surface area (Å²) < 4.78 is 0. The largest absolute Gasteiger partial charge is 0.335 e. The molecular formula is C22H34N4O2. The first-order valence-electron chi connectivity index (χ1n) is 10.7. The van der Waals surface area contributed by atoms with Crippen LogP contribution in [0.2, 0.25) is 0 Å². The summed E-state index contributed by atoms with van der Waals surface area (Å²) in [6.45, 7) is 7.50. The zero-order valence-electron chi connectivity index (χ0n) is 17.2. The van der Waals surface area contributed by atoms with Crippen LogP contribution in [0.1, 0.15) is 45.1 Å². The van der Waals surface area contributed by atoms with Crippen molar-refractivity contribution in [3.8, 4) is 0 Å². The highest BCUT2D eigenvalue weighted by Gasteiger charge is 2.27. The van der Waals surface area contributed by atoms with Crippen LogP contribution in [0.25, 0.3) is 0 Å². The first kappa shape index (κ1) is 20.6. The molecule has 1 heterocycles. The Kier molecular flexibility index (Phi) is 7.31. The third kappa shape index (κ3) is 5.47. The first-order chi connectivity index (χ1) is 13.6. The van der Waals surface area contributed by atoms with E-state index in [1.807, 2.05) is 29.2 Å². The maximum Gasteiger partial charge on any atom is 0.317 e. The minimum atomic E-state index is 0.00910. The number of hydrogen-bond donors (Lipinski definition) is 2. The number of hydrogen-bond acceptors (Lipinski definition) is 3. The zero-order valence-corrected chi connectivity index (χ0v) is 17.2. The third-order valence-electron chi connectivity index (χ3n) is 6.12. The maximum absolute atomic E-state index is 12.6. The number of piperazine rings is 1. The molecule has 1 aliphatic carbocycles. The quantitative estimate of drug-likeness (QED) is 0.817. The minimum absolute atomic E-state index is 0.00910. The number of amides is 3. The van der Waals surface area contributed by atoms with Gasteiger partial charge in [0, 0.05) is 37.9 Å². The second-order valence-corrected chi connectivity index (χ2v) is 8.14. The van der Waals surface area contributed by atoms with Crippen molar-refractivity contribution in [1.29, 1.82) is 0 Å². The Morgan fingerprint density at radius 3 is 2.50 bits per heavy atom. The SMILES string of the molecule is CCc1ccccc1NC(=O)CN1CCN(C(=O)NC2CCCCC2C)CC1. The number of nitrogens with zero attached hydrogens (tertiary/aromatic N) is 2. The van der Waals surface area contributed by atoms with Gasteiger partial charge in [-0.25, -0.2) is 4.79 Å². The lowest BCUT2D eigenvalue weighted by Crippen LogP contribution is -2.55. The van der Waals surface area contributed by atoms with Crippen LogP contribution in [0, 0.1) is 5.92 Å². The topological polar surface area (TPSA) is 64.7 Å². The Bertz CT molecular complexity index is 670. The molecule has 0 bridgehead atoms. The molecule has 2 fully saturated rings. The molecule has 6 nitrogen and oxygen atoms in total. The average molecular weight is 387 g/mol. The van der Waals surface area contributed by atoms with Gasteiger partial charge in [0.05, 0.1) is 6.54 Å². The fourth-order valence-electron chi connectivity index (χ4n) is 4.23. The van der Waals surface area contributed by atoms with E-state index in [4.69, 9.17) is 0 Å². The Labute approximate surface area is 168 Å². The van der Waals surface area contributed by atoms with E-state index in [1.54, 1.807) is 0 Å². The van der Waals surface area contributed by atoms with Crippen molar-refractivity contribution >= 4 is 17.6 Å². The predicted molar refractivity (Wildman–Crippen MR) is 112 cm³/mol. The van der Waals surface area contributed by atoms with Crippen molar-refractivity contribution < 1.29 is 9.59 Å². The summed E-state index contributed by atoms with van der Waals surface area (Å²) in [5.41, 5.74) is 2.05. The number of rotatable bonds is 5. The number of anilines is 1. The second-order valence-electron chi connectivity index (χ2n) is 8.14. The summed E-state index contributed by atoms with van der Waals surface area (Å²) in [5.74, 6) is 0.573. The summed E-state index contributed by atoms with van der Waals surface area (Å²) in [6, 6.07) is 8.29. The molecule has 0 spiro atoms. The van der Waals surface area contributed by atoms with E-state index in [-0.39, 0.29) is 11.9 Å². The van der Waals surface area contributed by atoms with E-state index in [0.29, 0.717) is 31.6 Å². The number of urea groups is 1. The van der Waals surface area contributed by atoms with Gasteiger partial charge in [-0.05, 0) is 36.8 Å². The Balaban J connectivity index is 1.42. The third-order valence-corrected chi connectivity index (χ3v) is 6.12. The summed E-state index contributed by atoms with van der Waals surface area (Å²) in [6.07, 6.45) is 5.67. The number of benzene rings is 1. The fraction of sp³-hybridized carbons (Fsp3) is 0.636. The lowest BCUT2D eigenvalue weighted by molar-refractivity contribution is -0.117. The molecule has 1 aromatic rings. The van der Waals surface area contributed by atoms with Crippen LogP contribution >= 0.6 is 0 Å².